The maximum Gasteiger partial charge on any atom is 0.0802 e. The molecular weight excluding hydrogens is 218 g/mol. The van der Waals surface area contributed by atoms with E-state index in [-0.39, 0.29) is 6.10 Å². The highest BCUT2D eigenvalue weighted by Gasteiger charge is 2.05. The molecule has 16 heavy (non-hydrogen) atoms. The van der Waals surface area contributed by atoms with Gasteiger partial charge in [-0.3, -0.25) is 0 Å². The number of aromatic nitrogens is 1. The molecule has 0 fully saturated rings. The van der Waals surface area contributed by atoms with Crippen LogP contribution in [0.15, 0.2) is 35.3 Å². The van der Waals surface area contributed by atoms with Gasteiger partial charge in [0.2, 0.25) is 0 Å². The molecule has 0 aliphatic heterocycles. The molecule has 2 aromatic rings. The van der Waals surface area contributed by atoms with Gasteiger partial charge in [0.1, 0.15) is 0 Å². The van der Waals surface area contributed by atoms with Crippen LogP contribution < -0.4 is 0 Å². The zero-order valence-corrected chi connectivity index (χ0v) is 10.3. The van der Waals surface area contributed by atoms with Crippen molar-refractivity contribution in [2.24, 2.45) is 0 Å². The van der Waals surface area contributed by atoms with E-state index in [4.69, 9.17) is 0 Å². The van der Waals surface area contributed by atoms with E-state index in [1.807, 2.05) is 25.4 Å². The molecule has 0 aliphatic carbocycles. The number of hydrogen-bond acceptors (Lipinski definition) is 2. The summed E-state index contributed by atoms with van der Waals surface area (Å²) in [5.74, 6) is 0. The summed E-state index contributed by atoms with van der Waals surface area (Å²) < 4.78 is 2.14. The molecule has 0 saturated heterocycles. The first-order valence-electron chi connectivity index (χ1n) is 5.64. The maximum atomic E-state index is 9.68. The Balaban J connectivity index is 1.93. The summed E-state index contributed by atoms with van der Waals surface area (Å²) in [5.41, 5.74) is 2.41. The van der Waals surface area contributed by atoms with Gasteiger partial charge in [-0.25, -0.2) is 0 Å². The molecule has 0 spiro atoms. The highest BCUT2D eigenvalue weighted by molar-refractivity contribution is 7.07. The molecule has 0 saturated carbocycles. The van der Waals surface area contributed by atoms with Crippen molar-refractivity contribution in [3.05, 3.63) is 46.4 Å². The van der Waals surface area contributed by atoms with Crippen molar-refractivity contribution in [3.63, 3.8) is 0 Å². The summed E-state index contributed by atoms with van der Waals surface area (Å²) in [4.78, 5) is 0. The van der Waals surface area contributed by atoms with Crippen molar-refractivity contribution in [1.29, 1.82) is 0 Å². The predicted octanol–water partition coefficient (Wildman–Crippen LogP) is 3.24. The maximum absolute atomic E-state index is 9.68. The van der Waals surface area contributed by atoms with Crippen molar-refractivity contribution in [2.75, 3.05) is 0 Å². The molecule has 0 amide bonds. The van der Waals surface area contributed by atoms with E-state index >= 15 is 0 Å². The molecule has 2 aromatic heterocycles. The van der Waals surface area contributed by atoms with E-state index in [1.54, 1.807) is 11.3 Å². The Morgan fingerprint density at radius 3 is 3.00 bits per heavy atom. The lowest BCUT2D eigenvalue weighted by Gasteiger charge is -2.04. The number of aliphatic hydroxyl groups is 1. The number of nitrogens with zero attached hydrogens (tertiary/aromatic N) is 1. The van der Waals surface area contributed by atoms with Crippen LogP contribution in [0.3, 0.4) is 0 Å². The molecule has 0 aromatic carbocycles. The first-order chi connectivity index (χ1) is 7.79. The number of aliphatic hydroxyl groups excluding tert-OH is 1. The molecule has 2 rings (SSSR count). The second-order valence-corrected chi connectivity index (χ2v) is 4.77. The Morgan fingerprint density at radius 2 is 2.31 bits per heavy atom. The lowest BCUT2D eigenvalue weighted by molar-refractivity contribution is 0.173. The van der Waals surface area contributed by atoms with Crippen LogP contribution in [0.25, 0.3) is 0 Å². The Kier molecular flexibility index (Phi) is 3.80. The average Bonchev–Trinajstić information content (AvgIpc) is 2.96. The van der Waals surface area contributed by atoms with Gasteiger partial charge in [-0.05, 0) is 46.9 Å². The third kappa shape index (κ3) is 2.74. The Bertz CT molecular complexity index is 419. The minimum absolute atomic E-state index is 0.317. The van der Waals surface area contributed by atoms with Crippen LogP contribution >= 0.6 is 11.3 Å². The second-order valence-electron chi connectivity index (χ2n) is 3.99. The van der Waals surface area contributed by atoms with Crippen molar-refractivity contribution >= 4 is 11.3 Å². The molecular formula is C13H17NOS. The van der Waals surface area contributed by atoms with Gasteiger partial charge >= 0.3 is 0 Å². The minimum Gasteiger partial charge on any atom is -0.388 e. The number of aryl methyl sites for hydroxylation is 2. The predicted molar refractivity (Wildman–Crippen MR) is 67.7 cm³/mol. The van der Waals surface area contributed by atoms with Crippen LogP contribution in [0.5, 0.6) is 0 Å². The normalized spacial score (nSPS) is 12.9. The van der Waals surface area contributed by atoms with Crippen LogP contribution in [-0.2, 0) is 13.0 Å². The van der Waals surface area contributed by atoms with Crippen LogP contribution in [0.2, 0.25) is 0 Å². The molecule has 0 radical (unpaired) electrons. The van der Waals surface area contributed by atoms with E-state index in [9.17, 15) is 5.11 Å². The monoisotopic (exact) mass is 235 g/mol. The fraction of sp³-hybridized carbons (Fsp3) is 0.385. The van der Waals surface area contributed by atoms with E-state index in [1.165, 1.54) is 5.56 Å². The average molecular weight is 235 g/mol. The number of rotatable bonds is 5. The largest absolute Gasteiger partial charge is 0.388 e. The molecule has 3 heteroatoms. The molecule has 2 heterocycles. The fourth-order valence-electron chi connectivity index (χ4n) is 1.72. The highest BCUT2D eigenvalue weighted by atomic mass is 32.1. The smallest absolute Gasteiger partial charge is 0.0802 e. The standard InChI is InChI=1S/C13H17NOS/c1-2-13(15)12-4-7-14(9-12)6-3-11-5-8-16-10-11/h4-5,7-10,13,15H,2-3,6H2,1H3. The van der Waals surface area contributed by atoms with Crippen molar-refractivity contribution < 1.29 is 5.11 Å². The molecule has 1 atom stereocenters. The van der Waals surface area contributed by atoms with Gasteiger partial charge in [-0.2, -0.15) is 11.3 Å². The van der Waals surface area contributed by atoms with Gasteiger partial charge in [0.15, 0.2) is 0 Å². The Hall–Kier alpha value is -1.06. The molecule has 0 bridgehead atoms. The summed E-state index contributed by atoms with van der Waals surface area (Å²) in [6.07, 6.45) is 5.59. The van der Waals surface area contributed by atoms with Gasteiger partial charge < -0.3 is 9.67 Å². The van der Waals surface area contributed by atoms with Gasteiger partial charge in [-0.1, -0.05) is 6.92 Å². The summed E-state index contributed by atoms with van der Waals surface area (Å²) in [7, 11) is 0. The molecule has 86 valence electrons. The lowest BCUT2D eigenvalue weighted by atomic mass is 10.1. The first-order valence-corrected chi connectivity index (χ1v) is 6.58. The van der Waals surface area contributed by atoms with Crippen LogP contribution in [0, 0.1) is 0 Å². The summed E-state index contributed by atoms with van der Waals surface area (Å²) in [5, 5.41) is 14.0. The van der Waals surface area contributed by atoms with Crippen LogP contribution in [0.4, 0.5) is 0 Å². The highest BCUT2D eigenvalue weighted by Crippen LogP contribution is 2.16. The molecule has 1 N–H and O–H groups in total. The minimum atomic E-state index is -0.317. The quantitative estimate of drug-likeness (QED) is 0.845. The SMILES string of the molecule is CCC(O)c1ccn(CCc2ccsc2)c1. The Morgan fingerprint density at radius 1 is 1.44 bits per heavy atom. The van der Waals surface area contributed by atoms with E-state index < -0.39 is 0 Å². The third-order valence-electron chi connectivity index (χ3n) is 2.78. The van der Waals surface area contributed by atoms with Crippen molar-refractivity contribution in [2.45, 2.75) is 32.4 Å². The number of hydrogen-bond donors (Lipinski definition) is 1. The van der Waals surface area contributed by atoms with Gasteiger partial charge in [-0.15, -0.1) is 0 Å². The van der Waals surface area contributed by atoms with Crippen LogP contribution in [0.1, 0.15) is 30.6 Å². The van der Waals surface area contributed by atoms with Gasteiger partial charge in [0.25, 0.3) is 0 Å². The van der Waals surface area contributed by atoms with Gasteiger partial charge in [0.05, 0.1) is 6.10 Å². The summed E-state index contributed by atoms with van der Waals surface area (Å²) in [6, 6.07) is 4.16. The van der Waals surface area contributed by atoms with Crippen LogP contribution in [-0.4, -0.2) is 9.67 Å². The van der Waals surface area contributed by atoms with Crippen molar-refractivity contribution in [1.82, 2.24) is 4.57 Å². The molecule has 2 nitrogen and oxygen atoms in total. The van der Waals surface area contributed by atoms with Crippen molar-refractivity contribution in [3.8, 4) is 0 Å². The molecule has 0 aliphatic rings. The second kappa shape index (κ2) is 5.32. The topological polar surface area (TPSA) is 25.2 Å². The fourth-order valence-corrected chi connectivity index (χ4v) is 2.43. The Labute approximate surface area is 100 Å². The van der Waals surface area contributed by atoms with E-state index in [2.05, 4.69) is 21.4 Å². The van der Waals surface area contributed by atoms with Gasteiger partial charge in [0, 0.05) is 18.9 Å². The third-order valence-corrected chi connectivity index (χ3v) is 3.52. The zero-order chi connectivity index (χ0) is 11.4. The summed E-state index contributed by atoms with van der Waals surface area (Å²) in [6.45, 7) is 2.97. The molecule has 1 unspecified atom stereocenters. The van der Waals surface area contributed by atoms with E-state index in [0.29, 0.717) is 0 Å². The zero-order valence-electron chi connectivity index (χ0n) is 9.47. The summed E-state index contributed by atoms with van der Waals surface area (Å²) >= 11 is 1.74. The van der Waals surface area contributed by atoms with E-state index in [0.717, 1.165) is 24.9 Å². The first kappa shape index (κ1) is 11.4. The lowest BCUT2D eigenvalue weighted by Crippen LogP contribution is -1.98. The number of thiophene rings is 1.